The predicted molar refractivity (Wildman–Crippen MR) is 83.6 cm³/mol. The van der Waals surface area contributed by atoms with Gasteiger partial charge in [0.05, 0.1) is 0 Å². The summed E-state index contributed by atoms with van der Waals surface area (Å²) >= 11 is 0. The molecule has 5 nitrogen and oxygen atoms in total. The molecule has 5 heteroatoms. The molecule has 0 bridgehead atoms. The summed E-state index contributed by atoms with van der Waals surface area (Å²) in [5.74, 6) is 1.49. The Kier molecular flexibility index (Phi) is 2.58. The molecule has 0 saturated heterocycles. The first-order chi connectivity index (χ1) is 10.5. The van der Waals surface area contributed by atoms with Crippen molar-refractivity contribution in [3.8, 4) is 11.6 Å². The fourth-order valence-corrected chi connectivity index (χ4v) is 2.95. The van der Waals surface area contributed by atoms with E-state index in [0.29, 0.717) is 22.9 Å². The van der Waals surface area contributed by atoms with Crippen LogP contribution in [0.25, 0.3) is 22.4 Å². The Balaban J connectivity index is 1.85. The minimum atomic E-state index is -0.0559. The summed E-state index contributed by atoms with van der Waals surface area (Å²) in [7, 11) is 1.73. The van der Waals surface area contributed by atoms with Crippen molar-refractivity contribution < 1.29 is 4.52 Å². The minimum absolute atomic E-state index is 0.0559. The lowest BCUT2D eigenvalue weighted by atomic mass is 10.1. The van der Waals surface area contributed by atoms with Crippen LogP contribution in [0.5, 0.6) is 0 Å². The van der Waals surface area contributed by atoms with Crippen molar-refractivity contribution in [1.29, 1.82) is 0 Å². The first kappa shape index (κ1) is 13.2. The molecule has 22 heavy (non-hydrogen) atoms. The summed E-state index contributed by atoms with van der Waals surface area (Å²) in [5.41, 5.74) is 0.844. The van der Waals surface area contributed by atoms with Gasteiger partial charge in [0.1, 0.15) is 5.69 Å². The van der Waals surface area contributed by atoms with Gasteiger partial charge in [-0.25, -0.2) is 0 Å². The second-order valence-corrected chi connectivity index (χ2v) is 6.68. The van der Waals surface area contributed by atoms with Crippen LogP contribution in [-0.2, 0) is 7.05 Å². The Morgan fingerprint density at radius 1 is 1.32 bits per heavy atom. The van der Waals surface area contributed by atoms with Gasteiger partial charge in [-0.1, -0.05) is 37.2 Å². The van der Waals surface area contributed by atoms with Gasteiger partial charge in [0, 0.05) is 18.4 Å². The second-order valence-electron chi connectivity index (χ2n) is 6.68. The van der Waals surface area contributed by atoms with Crippen LogP contribution in [0.1, 0.15) is 32.0 Å². The van der Waals surface area contributed by atoms with Crippen LogP contribution in [0.4, 0.5) is 0 Å². The Bertz CT molecular complexity index is 936. The highest BCUT2D eigenvalue weighted by atomic mass is 16.5. The molecule has 1 saturated carbocycles. The van der Waals surface area contributed by atoms with E-state index in [0.717, 1.165) is 17.6 Å². The molecule has 1 fully saturated rings. The standard InChI is InChI=1S/C17H17N3O2/c1-17(2)9-12(17)14-18-15(22-19-14)13-8-10-6-4-5-7-11(10)16(21)20(13)3/h4-8,12H,9H2,1-3H3. The quantitative estimate of drug-likeness (QED) is 0.729. The van der Waals surface area contributed by atoms with Gasteiger partial charge in [0.15, 0.2) is 5.82 Å². The molecule has 0 aliphatic heterocycles. The van der Waals surface area contributed by atoms with Crippen LogP contribution in [0, 0.1) is 5.41 Å². The molecule has 1 aliphatic carbocycles. The number of hydrogen-bond donors (Lipinski definition) is 0. The van der Waals surface area contributed by atoms with E-state index in [1.807, 2.05) is 30.3 Å². The van der Waals surface area contributed by atoms with Gasteiger partial charge in [0.25, 0.3) is 11.4 Å². The van der Waals surface area contributed by atoms with Crippen molar-refractivity contribution in [3.05, 3.63) is 46.5 Å². The smallest absolute Gasteiger partial charge is 0.274 e. The molecule has 4 rings (SSSR count). The highest BCUT2D eigenvalue weighted by molar-refractivity contribution is 5.84. The van der Waals surface area contributed by atoms with E-state index in [2.05, 4.69) is 24.0 Å². The number of benzene rings is 1. The van der Waals surface area contributed by atoms with E-state index in [1.165, 1.54) is 0 Å². The van der Waals surface area contributed by atoms with Crippen molar-refractivity contribution in [2.45, 2.75) is 26.2 Å². The van der Waals surface area contributed by atoms with Crippen LogP contribution >= 0.6 is 0 Å². The van der Waals surface area contributed by atoms with Gasteiger partial charge in [-0.05, 0) is 29.4 Å². The Morgan fingerprint density at radius 3 is 2.77 bits per heavy atom. The lowest BCUT2D eigenvalue weighted by Crippen LogP contribution is -2.18. The van der Waals surface area contributed by atoms with Gasteiger partial charge in [-0.3, -0.25) is 4.79 Å². The molecule has 1 atom stereocenters. The molecule has 3 aromatic rings. The van der Waals surface area contributed by atoms with Crippen molar-refractivity contribution in [3.63, 3.8) is 0 Å². The van der Waals surface area contributed by atoms with E-state index in [-0.39, 0.29) is 11.0 Å². The monoisotopic (exact) mass is 295 g/mol. The predicted octanol–water partition coefficient (Wildman–Crippen LogP) is 3.10. The maximum absolute atomic E-state index is 12.5. The van der Waals surface area contributed by atoms with E-state index in [9.17, 15) is 4.79 Å². The van der Waals surface area contributed by atoms with Crippen LogP contribution in [0.3, 0.4) is 0 Å². The Morgan fingerprint density at radius 2 is 2.05 bits per heavy atom. The first-order valence-electron chi connectivity index (χ1n) is 7.40. The fraction of sp³-hybridized carbons (Fsp3) is 0.353. The zero-order valence-electron chi connectivity index (χ0n) is 12.8. The Hall–Kier alpha value is -2.43. The van der Waals surface area contributed by atoms with Crippen molar-refractivity contribution in [2.75, 3.05) is 0 Å². The average Bonchev–Trinajstić information content (AvgIpc) is 2.93. The third-order valence-corrected chi connectivity index (χ3v) is 4.64. The average molecular weight is 295 g/mol. The summed E-state index contributed by atoms with van der Waals surface area (Å²) < 4.78 is 6.98. The number of hydrogen-bond acceptors (Lipinski definition) is 4. The molecule has 2 aromatic heterocycles. The molecule has 0 amide bonds. The van der Waals surface area contributed by atoms with Crippen LogP contribution < -0.4 is 5.56 Å². The molecule has 2 heterocycles. The SMILES string of the molecule is Cn1c(-c2nc(C3CC3(C)C)no2)cc2ccccc2c1=O. The molecule has 0 spiro atoms. The summed E-state index contributed by atoms with van der Waals surface area (Å²) in [6, 6.07) is 9.45. The fourth-order valence-electron chi connectivity index (χ4n) is 2.95. The zero-order chi connectivity index (χ0) is 15.5. The number of rotatable bonds is 2. The van der Waals surface area contributed by atoms with Gasteiger partial charge < -0.3 is 9.09 Å². The molecule has 1 aliphatic rings. The highest BCUT2D eigenvalue weighted by Crippen LogP contribution is 2.57. The van der Waals surface area contributed by atoms with E-state index in [4.69, 9.17) is 4.52 Å². The number of pyridine rings is 1. The van der Waals surface area contributed by atoms with Crippen LogP contribution in [0.15, 0.2) is 39.6 Å². The molecule has 1 unspecified atom stereocenters. The normalized spacial score (nSPS) is 19.5. The molecular formula is C17H17N3O2. The molecule has 0 radical (unpaired) electrons. The van der Waals surface area contributed by atoms with Gasteiger partial charge >= 0.3 is 0 Å². The molecule has 0 N–H and O–H groups in total. The molecule has 112 valence electrons. The summed E-state index contributed by atoms with van der Waals surface area (Å²) in [5, 5.41) is 5.67. The summed E-state index contributed by atoms with van der Waals surface area (Å²) in [6.07, 6.45) is 1.07. The minimum Gasteiger partial charge on any atom is -0.332 e. The number of fused-ring (bicyclic) bond motifs is 1. The largest absolute Gasteiger partial charge is 0.332 e. The lowest BCUT2D eigenvalue weighted by Gasteiger charge is -2.06. The highest BCUT2D eigenvalue weighted by Gasteiger charge is 2.49. The number of aromatic nitrogens is 3. The van der Waals surface area contributed by atoms with Crippen molar-refractivity contribution in [1.82, 2.24) is 14.7 Å². The van der Waals surface area contributed by atoms with Crippen molar-refractivity contribution in [2.24, 2.45) is 12.5 Å². The van der Waals surface area contributed by atoms with E-state index >= 15 is 0 Å². The third-order valence-electron chi connectivity index (χ3n) is 4.64. The second kappa shape index (κ2) is 4.29. The molecular weight excluding hydrogens is 278 g/mol. The molecule has 1 aromatic carbocycles. The summed E-state index contributed by atoms with van der Waals surface area (Å²) in [4.78, 5) is 17.0. The topological polar surface area (TPSA) is 60.9 Å². The van der Waals surface area contributed by atoms with Crippen molar-refractivity contribution >= 4 is 10.8 Å². The van der Waals surface area contributed by atoms with E-state index < -0.39 is 0 Å². The number of nitrogens with zero attached hydrogens (tertiary/aromatic N) is 3. The zero-order valence-corrected chi connectivity index (χ0v) is 12.8. The summed E-state index contributed by atoms with van der Waals surface area (Å²) in [6.45, 7) is 4.39. The maximum Gasteiger partial charge on any atom is 0.274 e. The third kappa shape index (κ3) is 1.89. The maximum atomic E-state index is 12.5. The van der Waals surface area contributed by atoms with Crippen LogP contribution in [-0.4, -0.2) is 14.7 Å². The van der Waals surface area contributed by atoms with Gasteiger partial charge in [0.2, 0.25) is 0 Å². The van der Waals surface area contributed by atoms with Gasteiger partial charge in [-0.2, -0.15) is 4.98 Å². The van der Waals surface area contributed by atoms with Crippen LogP contribution in [0.2, 0.25) is 0 Å². The first-order valence-corrected chi connectivity index (χ1v) is 7.40. The lowest BCUT2D eigenvalue weighted by molar-refractivity contribution is 0.416. The van der Waals surface area contributed by atoms with Gasteiger partial charge in [-0.15, -0.1) is 0 Å². The Labute approximate surface area is 127 Å². The van der Waals surface area contributed by atoms with E-state index in [1.54, 1.807) is 11.6 Å².